The standard InChI is InChI=1S/C10H22N2O3S/c1-4-16(14,15)12-9(13)5-6-10(2,3)7-8-11/h4-8,11H2,1-3H3,(H,12,13). The summed E-state index contributed by atoms with van der Waals surface area (Å²) in [6.07, 6.45) is 1.67. The van der Waals surface area contributed by atoms with Crippen LogP contribution in [-0.4, -0.2) is 26.6 Å². The number of nitrogens with one attached hydrogen (secondary N) is 1. The fourth-order valence-corrected chi connectivity index (χ4v) is 1.86. The molecule has 3 N–H and O–H groups in total. The molecule has 0 aromatic heterocycles. The monoisotopic (exact) mass is 250 g/mol. The van der Waals surface area contributed by atoms with Crippen LogP contribution in [0.5, 0.6) is 0 Å². The van der Waals surface area contributed by atoms with Crippen LogP contribution in [0.15, 0.2) is 0 Å². The Bertz CT molecular complexity index is 323. The molecule has 0 aliphatic rings. The van der Waals surface area contributed by atoms with E-state index in [1.165, 1.54) is 6.92 Å². The molecule has 0 atom stereocenters. The second kappa shape index (κ2) is 6.20. The van der Waals surface area contributed by atoms with Crippen LogP contribution >= 0.6 is 0 Å². The molecule has 0 unspecified atom stereocenters. The summed E-state index contributed by atoms with van der Waals surface area (Å²) in [5.41, 5.74) is 5.42. The average Bonchev–Trinajstić information content (AvgIpc) is 2.14. The first kappa shape index (κ1) is 15.4. The first-order chi connectivity index (χ1) is 7.22. The molecule has 0 aromatic rings. The van der Waals surface area contributed by atoms with Crippen molar-refractivity contribution >= 4 is 15.9 Å². The molecule has 0 saturated heterocycles. The lowest BCUT2D eigenvalue weighted by Crippen LogP contribution is -2.32. The van der Waals surface area contributed by atoms with Crippen molar-refractivity contribution in [2.75, 3.05) is 12.3 Å². The maximum absolute atomic E-state index is 11.3. The summed E-state index contributed by atoms with van der Waals surface area (Å²) in [7, 11) is -3.42. The lowest BCUT2D eigenvalue weighted by atomic mass is 9.84. The summed E-state index contributed by atoms with van der Waals surface area (Å²) in [4.78, 5) is 11.3. The Balaban J connectivity index is 4.09. The first-order valence-corrected chi connectivity index (χ1v) is 7.11. The number of hydrogen-bond acceptors (Lipinski definition) is 4. The van der Waals surface area contributed by atoms with Crippen LogP contribution in [0, 0.1) is 5.41 Å². The predicted molar refractivity (Wildman–Crippen MR) is 64.3 cm³/mol. The van der Waals surface area contributed by atoms with E-state index in [-0.39, 0.29) is 17.6 Å². The molecular weight excluding hydrogens is 228 g/mol. The summed E-state index contributed by atoms with van der Waals surface area (Å²) in [5, 5.41) is 0. The van der Waals surface area contributed by atoms with Gasteiger partial charge in [-0.2, -0.15) is 0 Å². The van der Waals surface area contributed by atoms with Gasteiger partial charge in [0.2, 0.25) is 15.9 Å². The zero-order chi connectivity index (χ0) is 12.8. The summed E-state index contributed by atoms with van der Waals surface area (Å²) < 4.78 is 24.2. The fraction of sp³-hybridized carbons (Fsp3) is 0.900. The molecule has 0 heterocycles. The van der Waals surface area contributed by atoms with Gasteiger partial charge in [0, 0.05) is 6.42 Å². The van der Waals surface area contributed by atoms with Crippen molar-refractivity contribution in [3.8, 4) is 0 Å². The Hall–Kier alpha value is -0.620. The van der Waals surface area contributed by atoms with Crippen molar-refractivity contribution in [2.45, 2.75) is 40.0 Å². The molecule has 0 aliphatic carbocycles. The molecule has 0 saturated carbocycles. The number of rotatable bonds is 7. The number of nitrogens with two attached hydrogens (primary N) is 1. The predicted octanol–water partition coefficient (Wildman–Crippen LogP) is 0.608. The van der Waals surface area contributed by atoms with E-state index in [4.69, 9.17) is 5.73 Å². The highest BCUT2D eigenvalue weighted by molar-refractivity contribution is 7.90. The lowest BCUT2D eigenvalue weighted by Gasteiger charge is -2.23. The van der Waals surface area contributed by atoms with Crippen LogP contribution in [0.25, 0.3) is 0 Å². The van der Waals surface area contributed by atoms with Crippen molar-refractivity contribution in [1.82, 2.24) is 4.72 Å². The van der Waals surface area contributed by atoms with E-state index in [1.54, 1.807) is 0 Å². The van der Waals surface area contributed by atoms with E-state index < -0.39 is 15.9 Å². The highest BCUT2D eigenvalue weighted by Gasteiger charge is 2.19. The van der Waals surface area contributed by atoms with Gasteiger partial charge < -0.3 is 5.73 Å². The van der Waals surface area contributed by atoms with Gasteiger partial charge in [-0.25, -0.2) is 8.42 Å². The molecule has 0 bridgehead atoms. The fourth-order valence-electron chi connectivity index (χ4n) is 1.26. The number of amides is 1. The molecule has 1 amide bonds. The highest BCUT2D eigenvalue weighted by Crippen LogP contribution is 2.25. The van der Waals surface area contributed by atoms with Crippen LogP contribution < -0.4 is 10.5 Å². The van der Waals surface area contributed by atoms with Gasteiger partial charge in [-0.15, -0.1) is 0 Å². The molecule has 0 radical (unpaired) electrons. The number of hydrogen-bond donors (Lipinski definition) is 2. The molecular formula is C10H22N2O3S. The normalized spacial score (nSPS) is 12.5. The number of carbonyl (C=O) groups excluding carboxylic acids is 1. The van der Waals surface area contributed by atoms with Gasteiger partial charge in [0.15, 0.2) is 0 Å². The molecule has 96 valence electrons. The van der Waals surface area contributed by atoms with E-state index in [9.17, 15) is 13.2 Å². The van der Waals surface area contributed by atoms with Crippen molar-refractivity contribution in [3.05, 3.63) is 0 Å². The first-order valence-electron chi connectivity index (χ1n) is 5.46. The third-order valence-electron chi connectivity index (χ3n) is 2.50. The van der Waals surface area contributed by atoms with Gasteiger partial charge in [-0.1, -0.05) is 13.8 Å². The Morgan fingerprint density at radius 3 is 2.31 bits per heavy atom. The zero-order valence-electron chi connectivity index (χ0n) is 10.2. The zero-order valence-corrected chi connectivity index (χ0v) is 11.1. The van der Waals surface area contributed by atoms with Crippen LogP contribution in [0.1, 0.15) is 40.0 Å². The summed E-state index contributed by atoms with van der Waals surface area (Å²) in [6.45, 7) is 6.10. The highest BCUT2D eigenvalue weighted by atomic mass is 32.2. The van der Waals surface area contributed by atoms with Crippen molar-refractivity contribution in [3.63, 3.8) is 0 Å². The minimum Gasteiger partial charge on any atom is -0.330 e. The topological polar surface area (TPSA) is 89.3 Å². The Kier molecular flexibility index (Phi) is 5.96. The molecule has 16 heavy (non-hydrogen) atoms. The number of sulfonamides is 1. The molecule has 5 nitrogen and oxygen atoms in total. The third kappa shape index (κ3) is 6.79. The summed E-state index contributed by atoms with van der Waals surface area (Å²) >= 11 is 0. The lowest BCUT2D eigenvalue weighted by molar-refractivity contribution is -0.119. The van der Waals surface area contributed by atoms with Gasteiger partial charge in [0.25, 0.3) is 0 Å². The van der Waals surface area contributed by atoms with Gasteiger partial charge in [0.1, 0.15) is 0 Å². The molecule has 0 aliphatic heterocycles. The quantitative estimate of drug-likeness (QED) is 0.692. The van der Waals surface area contributed by atoms with Crippen LogP contribution in [0.3, 0.4) is 0 Å². The van der Waals surface area contributed by atoms with E-state index in [2.05, 4.69) is 0 Å². The van der Waals surface area contributed by atoms with Crippen molar-refractivity contribution < 1.29 is 13.2 Å². The Morgan fingerprint density at radius 2 is 1.88 bits per heavy atom. The van der Waals surface area contributed by atoms with Gasteiger partial charge in [-0.3, -0.25) is 9.52 Å². The van der Waals surface area contributed by atoms with Gasteiger partial charge in [0.05, 0.1) is 5.75 Å². The van der Waals surface area contributed by atoms with E-state index in [1.807, 2.05) is 18.6 Å². The molecule has 6 heteroatoms. The minimum absolute atomic E-state index is 0.0257. The molecule has 0 fully saturated rings. The SMILES string of the molecule is CCS(=O)(=O)NC(=O)CCC(C)(C)CCN. The van der Waals surface area contributed by atoms with Crippen molar-refractivity contribution in [2.24, 2.45) is 11.1 Å². The smallest absolute Gasteiger partial charge is 0.234 e. The summed E-state index contributed by atoms with van der Waals surface area (Å²) in [6, 6.07) is 0. The second-order valence-corrected chi connectivity index (χ2v) is 6.64. The third-order valence-corrected chi connectivity index (χ3v) is 3.80. The molecule has 0 rings (SSSR count). The van der Waals surface area contributed by atoms with Crippen LogP contribution in [-0.2, 0) is 14.8 Å². The Morgan fingerprint density at radius 1 is 1.31 bits per heavy atom. The maximum Gasteiger partial charge on any atom is 0.234 e. The van der Waals surface area contributed by atoms with E-state index >= 15 is 0 Å². The minimum atomic E-state index is -3.42. The van der Waals surface area contributed by atoms with Crippen LogP contribution in [0.4, 0.5) is 0 Å². The summed E-state index contributed by atoms with van der Waals surface area (Å²) in [5.74, 6) is -0.516. The maximum atomic E-state index is 11.3. The Labute approximate surface area is 97.8 Å². The molecule has 0 spiro atoms. The van der Waals surface area contributed by atoms with Gasteiger partial charge in [-0.05, 0) is 31.7 Å². The van der Waals surface area contributed by atoms with Crippen LogP contribution in [0.2, 0.25) is 0 Å². The second-order valence-electron chi connectivity index (χ2n) is 4.63. The van der Waals surface area contributed by atoms with Gasteiger partial charge >= 0.3 is 0 Å². The number of carbonyl (C=O) groups is 1. The van der Waals surface area contributed by atoms with E-state index in [0.29, 0.717) is 13.0 Å². The van der Waals surface area contributed by atoms with E-state index in [0.717, 1.165) is 6.42 Å². The largest absolute Gasteiger partial charge is 0.330 e. The average molecular weight is 250 g/mol. The van der Waals surface area contributed by atoms with Crippen molar-refractivity contribution in [1.29, 1.82) is 0 Å². The molecule has 0 aromatic carbocycles.